The smallest absolute Gasteiger partial charge is 0.313 e. The van der Waals surface area contributed by atoms with Gasteiger partial charge in [0.25, 0.3) is 0 Å². The molecule has 2 N–H and O–H groups in total. The molecule has 0 aliphatic heterocycles. The molecule has 20 heavy (non-hydrogen) atoms. The third-order valence-electron chi connectivity index (χ3n) is 2.15. The molecule has 0 spiro atoms. The van der Waals surface area contributed by atoms with Crippen molar-refractivity contribution in [2.45, 2.75) is 17.2 Å². The van der Waals surface area contributed by atoms with Gasteiger partial charge in [-0.25, -0.2) is 0 Å². The molecule has 106 valence electrons. The van der Waals surface area contributed by atoms with Crippen molar-refractivity contribution in [3.63, 3.8) is 0 Å². The molecular weight excluding hydrogens is 302 g/mol. The zero-order valence-corrected chi connectivity index (χ0v) is 11.9. The second-order valence-electron chi connectivity index (χ2n) is 3.68. The van der Waals surface area contributed by atoms with Crippen molar-refractivity contribution in [2.24, 2.45) is 0 Å². The molecule has 0 atom stereocenters. The topological polar surface area (TPSA) is 105 Å². The summed E-state index contributed by atoms with van der Waals surface area (Å²) < 4.78 is 5.64. The van der Waals surface area contributed by atoms with E-state index >= 15 is 0 Å². The lowest BCUT2D eigenvalue weighted by atomic mass is 10.2. The minimum atomic E-state index is -0.922. The van der Waals surface area contributed by atoms with Crippen LogP contribution in [0.3, 0.4) is 0 Å². The Kier molecular flexibility index (Phi) is 5.13. The second-order valence-corrected chi connectivity index (χ2v) is 5.88. The monoisotopic (exact) mass is 313 g/mol. The highest BCUT2D eigenvalue weighted by Gasteiger charge is 2.10. The van der Waals surface area contributed by atoms with Gasteiger partial charge in [-0.15, -0.1) is 10.2 Å². The number of aliphatic carboxylic acids is 1. The van der Waals surface area contributed by atoms with Crippen LogP contribution < -0.4 is 5.32 Å². The van der Waals surface area contributed by atoms with Crippen molar-refractivity contribution in [1.29, 1.82) is 0 Å². The molecule has 0 radical (unpaired) electrons. The molecule has 7 nitrogen and oxygen atoms in total. The van der Waals surface area contributed by atoms with E-state index in [1.807, 2.05) is 0 Å². The number of nitrogens with one attached hydrogen (secondary N) is 1. The molecule has 2 rings (SSSR count). The van der Waals surface area contributed by atoms with E-state index < -0.39 is 5.97 Å². The number of rotatable bonds is 7. The van der Waals surface area contributed by atoms with Gasteiger partial charge in [0.1, 0.15) is 5.76 Å². The minimum absolute atomic E-state index is 0.0823. The van der Waals surface area contributed by atoms with Gasteiger partial charge in [0.05, 0.1) is 12.0 Å². The Hall–Kier alpha value is -1.87. The number of carboxylic acid groups (broad SMARTS) is 1. The number of anilines is 1. The summed E-state index contributed by atoms with van der Waals surface area (Å²) in [5.41, 5.74) is 0. The number of furan rings is 1. The first-order valence-electron chi connectivity index (χ1n) is 5.64. The fourth-order valence-electron chi connectivity index (χ4n) is 1.32. The quantitative estimate of drug-likeness (QED) is 0.594. The van der Waals surface area contributed by atoms with Crippen molar-refractivity contribution >= 4 is 40.1 Å². The number of thioether (sulfide) groups is 1. The van der Waals surface area contributed by atoms with Crippen molar-refractivity contribution < 1.29 is 19.1 Å². The van der Waals surface area contributed by atoms with E-state index in [1.54, 1.807) is 18.4 Å². The van der Waals surface area contributed by atoms with Crippen molar-refractivity contribution in [1.82, 2.24) is 10.2 Å². The third kappa shape index (κ3) is 4.67. The molecule has 1 amide bonds. The van der Waals surface area contributed by atoms with E-state index in [4.69, 9.17) is 9.52 Å². The van der Waals surface area contributed by atoms with Crippen molar-refractivity contribution in [2.75, 3.05) is 11.1 Å². The molecule has 0 saturated heterocycles. The van der Waals surface area contributed by atoms with Crippen LogP contribution in [0, 0.1) is 0 Å². The first kappa shape index (κ1) is 14.5. The highest BCUT2D eigenvalue weighted by Crippen LogP contribution is 2.25. The summed E-state index contributed by atoms with van der Waals surface area (Å²) in [4.78, 5) is 22.1. The van der Waals surface area contributed by atoms with Crippen molar-refractivity contribution in [3.8, 4) is 0 Å². The number of carbonyl (C=O) groups excluding carboxylic acids is 1. The summed E-state index contributed by atoms with van der Waals surface area (Å²) in [5.74, 6) is -0.446. The largest absolute Gasteiger partial charge is 0.481 e. The summed E-state index contributed by atoms with van der Waals surface area (Å²) in [6.07, 6.45) is 2.35. The van der Waals surface area contributed by atoms with Crippen LogP contribution in [0.25, 0.3) is 0 Å². The first-order valence-corrected chi connectivity index (χ1v) is 7.44. The number of aromatic nitrogens is 2. The van der Waals surface area contributed by atoms with E-state index in [2.05, 4.69) is 15.5 Å². The van der Waals surface area contributed by atoms with Crippen LogP contribution in [0.4, 0.5) is 5.13 Å². The Labute approximate surface area is 122 Å². The van der Waals surface area contributed by atoms with Gasteiger partial charge in [-0.05, 0) is 12.1 Å². The van der Waals surface area contributed by atoms with Crippen LogP contribution in [0.15, 0.2) is 27.2 Å². The molecule has 0 aliphatic rings. The molecule has 0 saturated carbocycles. The van der Waals surface area contributed by atoms with Gasteiger partial charge in [0.15, 0.2) is 4.34 Å². The molecule has 2 aromatic rings. The summed E-state index contributed by atoms with van der Waals surface area (Å²) >= 11 is 2.22. The number of hydrogen-bond donors (Lipinski definition) is 2. The second kappa shape index (κ2) is 7.06. The number of aryl methyl sites for hydroxylation is 1. The maximum atomic E-state index is 11.7. The Bertz CT molecular complexity index is 582. The third-order valence-corrected chi connectivity index (χ3v) is 4.11. The van der Waals surface area contributed by atoms with E-state index in [0.29, 0.717) is 15.9 Å². The highest BCUT2D eigenvalue weighted by molar-refractivity contribution is 8.01. The lowest BCUT2D eigenvalue weighted by Gasteiger charge is -1.98. The minimum Gasteiger partial charge on any atom is -0.481 e. The first-order chi connectivity index (χ1) is 9.63. The maximum Gasteiger partial charge on any atom is 0.313 e. The van der Waals surface area contributed by atoms with Gasteiger partial charge in [0.2, 0.25) is 11.0 Å². The molecular formula is C11H11N3O4S2. The zero-order valence-electron chi connectivity index (χ0n) is 10.2. The van der Waals surface area contributed by atoms with Crippen LogP contribution >= 0.6 is 23.1 Å². The predicted molar refractivity (Wildman–Crippen MR) is 73.9 cm³/mol. The highest BCUT2D eigenvalue weighted by atomic mass is 32.2. The molecule has 0 bridgehead atoms. The molecule has 0 aliphatic carbocycles. The van der Waals surface area contributed by atoms with Gasteiger partial charge in [0, 0.05) is 12.8 Å². The fourth-order valence-corrected chi connectivity index (χ4v) is 2.80. The Balaban J connectivity index is 1.77. The Morgan fingerprint density at radius 3 is 3.00 bits per heavy atom. The molecule has 9 heteroatoms. The molecule has 0 fully saturated rings. The number of hydrogen-bond acceptors (Lipinski definition) is 7. The predicted octanol–water partition coefficient (Wildman–Crippen LogP) is 1.88. The molecule has 2 aromatic heterocycles. The van der Waals surface area contributed by atoms with Gasteiger partial charge >= 0.3 is 5.97 Å². The summed E-state index contributed by atoms with van der Waals surface area (Å²) in [5, 5.41) is 19.1. The molecule has 0 aromatic carbocycles. The van der Waals surface area contributed by atoms with E-state index in [0.717, 1.165) is 28.9 Å². The summed E-state index contributed by atoms with van der Waals surface area (Å²) in [6.45, 7) is 0. The lowest BCUT2D eigenvalue weighted by Crippen LogP contribution is -2.11. The Morgan fingerprint density at radius 1 is 1.45 bits per heavy atom. The zero-order chi connectivity index (χ0) is 14.4. The number of nitrogens with zero attached hydrogens (tertiary/aromatic N) is 2. The SMILES string of the molecule is O=C(O)CSc1nnc(NC(=O)CCc2ccco2)s1. The van der Waals surface area contributed by atoms with Crippen LogP contribution in [0.1, 0.15) is 12.2 Å². The average Bonchev–Trinajstić information content (AvgIpc) is 3.05. The summed E-state index contributed by atoms with van der Waals surface area (Å²) in [6, 6.07) is 3.57. The van der Waals surface area contributed by atoms with E-state index in [9.17, 15) is 9.59 Å². The number of carboxylic acids is 1. The van der Waals surface area contributed by atoms with Crippen LogP contribution in [0.2, 0.25) is 0 Å². The molecule has 2 heterocycles. The van der Waals surface area contributed by atoms with Crippen LogP contribution in [-0.4, -0.2) is 32.9 Å². The van der Waals surface area contributed by atoms with Crippen LogP contribution in [0.5, 0.6) is 0 Å². The lowest BCUT2D eigenvalue weighted by molar-refractivity contribution is -0.133. The van der Waals surface area contributed by atoms with Crippen LogP contribution in [-0.2, 0) is 16.0 Å². The van der Waals surface area contributed by atoms with Gasteiger partial charge in [-0.1, -0.05) is 23.1 Å². The number of carbonyl (C=O) groups is 2. The summed E-state index contributed by atoms with van der Waals surface area (Å²) in [7, 11) is 0. The molecule has 0 unspecified atom stereocenters. The van der Waals surface area contributed by atoms with Gasteiger partial charge in [-0.3, -0.25) is 9.59 Å². The average molecular weight is 313 g/mol. The number of amides is 1. The fraction of sp³-hybridized carbons (Fsp3) is 0.273. The van der Waals surface area contributed by atoms with E-state index in [-0.39, 0.29) is 18.1 Å². The normalized spacial score (nSPS) is 10.4. The standard InChI is InChI=1S/C11H11N3O4S2/c15-8(4-3-7-2-1-5-18-7)12-10-13-14-11(20-10)19-6-9(16)17/h1-2,5H,3-4,6H2,(H,16,17)(H,12,13,15). The maximum absolute atomic E-state index is 11.7. The van der Waals surface area contributed by atoms with E-state index in [1.165, 1.54) is 0 Å². The van der Waals surface area contributed by atoms with Gasteiger partial charge in [-0.2, -0.15) is 0 Å². The Morgan fingerprint density at radius 2 is 2.30 bits per heavy atom. The van der Waals surface area contributed by atoms with Crippen molar-refractivity contribution in [3.05, 3.63) is 24.2 Å². The van der Waals surface area contributed by atoms with Gasteiger partial charge < -0.3 is 14.8 Å².